The van der Waals surface area contributed by atoms with Crippen LogP contribution in [0.2, 0.25) is 0 Å². The summed E-state index contributed by atoms with van der Waals surface area (Å²) in [5.41, 5.74) is 3.73. The third-order valence-corrected chi connectivity index (χ3v) is 4.81. The molecule has 2 aromatic rings. The van der Waals surface area contributed by atoms with Crippen LogP contribution >= 0.6 is 15.9 Å². The van der Waals surface area contributed by atoms with E-state index in [1.165, 1.54) is 12.1 Å². The van der Waals surface area contributed by atoms with Gasteiger partial charge in [-0.25, -0.2) is 8.78 Å². The second kappa shape index (κ2) is 6.14. The van der Waals surface area contributed by atoms with E-state index in [0.29, 0.717) is 11.1 Å². The summed E-state index contributed by atoms with van der Waals surface area (Å²) in [4.78, 5) is 0. The van der Waals surface area contributed by atoms with Crippen molar-refractivity contribution in [3.63, 3.8) is 0 Å². The summed E-state index contributed by atoms with van der Waals surface area (Å²) in [5, 5.41) is 3.23. The quantitative estimate of drug-likeness (QED) is 0.732. The van der Waals surface area contributed by atoms with Crippen molar-refractivity contribution in [2.45, 2.75) is 33.7 Å². The lowest BCUT2D eigenvalue weighted by molar-refractivity contribution is 0.571. The SMILES string of the molecule is Cc1cc(F)c(C(C)Nc2cc(C)c(Br)c(C)c2)cc1F. The van der Waals surface area contributed by atoms with Crippen molar-refractivity contribution in [2.75, 3.05) is 5.32 Å². The normalized spacial score (nSPS) is 12.3. The van der Waals surface area contributed by atoms with Crippen molar-refractivity contribution < 1.29 is 8.78 Å². The van der Waals surface area contributed by atoms with Crippen LogP contribution in [0.25, 0.3) is 0 Å². The maximum Gasteiger partial charge on any atom is 0.128 e. The number of halogens is 3. The van der Waals surface area contributed by atoms with E-state index in [2.05, 4.69) is 21.2 Å². The first kappa shape index (κ1) is 16.0. The van der Waals surface area contributed by atoms with Crippen molar-refractivity contribution in [3.8, 4) is 0 Å². The molecule has 2 aromatic carbocycles. The molecule has 1 atom stereocenters. The average Bonchev–Trinajstić information content (AvgIpc) is 2.40. The van der Waals surface area contributed by atoms with Crippen LogP contribution in [0.4, 0.5) is 14.5 Å². The van der Waals surface area contributed by atoms with Gasteiger partial charge in [0, 0.05) is 15.7 Å². The molecule has 0 heterocycles. The number of rotatable bonds is 3. The molecule has 0 saturated carbocycles. The minimum absolute atomic E-state index is 0.318. The first-order chi connectivity index (χ1) is 9.79. The monoisotopic (exact) mass is 353 g/mol. The van der Waals surface area contributed by atoms with E-state index in [-0.39, 0.29) is 17.7 Å². The van der Waals surface area contributed by atoms with Gasteiger partial charge in [-0.3, -0.25) is 0 Å². The van der Waals surface area contributed by atoms with Crippen LogP contribution in [-0.2, 0) is 0 Å². The number of hydrogen-bond donors (Lipinski definition) is 1. The van der Waals surface area contributed by atoms with Crippen molar-refractivity contribution >= 4 is 21.6 Å². The molecular weight excluding hydrogens is 336 g/mol. The summed E-state index contributed by atoms with van der Waals surface area (Å²) in [6.07, 6.45) is 0. The Hall–Kier alpha value is -1.42. The predicted octanol–water partition coefficient (Wildman–Crippen LogP) is 5.83. The minimum Gasteiger partial charge on any atom is -0.378 e. The molecule has 4 heteroatoms. The minimum atomic E-state index is -0.389. The molecular formula is C17H18BrF2N. The van der Waals surface area contributed by atoms with Gasteiger partial charge in [0.2, 0.25) is 0 Å². The van der Waals surface area contributed by atoms with Crippen LogP contribution < -0.4 is 5.32 Å². The van der Waals surface area contributed by atoms with Gasteiger partial charge < -0.3 is 5.32 Å². The molecule has 0 radical (unpaired) electrons. The zero-order valence-corrected chi connectivity index (χ0v) is 14.1. The Morgan fingerprint density at radius 1 is 0.905 bits per heavy atom. The molecule has 0 fully saturated rings. The van der Waals surface area contributed by atoms with Crippen molar-refractivity contribution in [2.24, 2.45) is 0 Å². The molecule has 0 saturated heterocycles. The smallest absolute Gasteiger partial charge is 0.128 e. The molecule has 1 unspecified atom stereocenters. The summed E-state index contributed by atoms with van der Waals surface area (Å²) >= 11 is 3.52. The Balaban J connectivity index is 2.30. The van der Waals surface area contributed by atoms with Crippen molar-refractivity contribution in [1.29, 1.82) is 0 Å². The second-order valence-corrected chi connectivity index (χ2v) is 6.21. The fraction of sp³-hybridized carbons (Fsp3) is 0.294. The molecule has 1 nitrogen and oxygen atoms in total. The van der Waals surface area contributed by atoms with Gasteiger partial charge in [-0.1, -0.05) is 15.9 Å². The standard InChI is InChI=1S/C17H18BrF2N/c1-9-7-16(20)14(8-15(9)19)12(4)21-13-5-10(2)17(18)11(3)6-13/h5-8,12,21H,1-4H3. The highest BCUT2D eigenvalue weighted by Crippen LogP contribution is 2.28. The number of nitrogens with one attached hydrogen (secondary N) is 1. The largest absolute Gasteiger partial charge is 0.378 e. The molecule has 0 spiro atoms. The lowest BCUT2D eigenvalue weighted by Crippen LogP contribution is -2.10. The molecule has 0 aliphatic rings. The number of hydrogen-bond acceptors (Lipinski definition) is 1. The zero-order chi connectivity index (χ0) is 15.7. The molecule has 2 rings (SSSR count). The van der Waals surface area contributed by atoms with Gasteiger partial charge in [-0.15, -0.1) is 0 Å². The lowest BCUT2D eigenvalue weighted by atomic mass is 10.0. The van der Waals surface area contributed by atoms with Gasteiger partial charge in [0.1, 0.15) is 11.6 Å². The highest BCUT2D eigenvalue weighted by Gasteiger charge is 2.14. The highest BCUT2D eigenvalue weighted by molar-refractivity contribution is 9.10. The molecule has 0 bridgehead atoms. The van der Waals surface area contributed by atoms with E-state index in [0.717, 1.165) is 21.3 Å². The van der Waals surface area contributed by atoms with Gasteiger partial charge >= 0.3 is 0 Å². The number of benzene rings is 2. The second-order valence-electron chi connectivity index (χ2n) is 5.41. The van der Waals surface area contributed by atoms with E-state index in [4.69, 9.17) is 0 Å². The van der Waals surface area contributed by atoms with Crippen LogP contribution in [0.5, 0.6) is 0 Å². The lowest BCUT2D eigenvalue weighted by Gasteiger charge is -2.18. The molecule has 0 amide bonds. The summed E-state index contributed by atoms with van der Waals surface area (Å²) in [7, 11) is 0. The Bertz CT molecular complexity index is 660. The Morgan fingerprint density at radius 3 is 2.05 bits per heavy atom. The zero-order valence-electron chi connectivity index (χ0n) is 12.5. The maximum absolute atomic E-state index is 14.0. The van der Waals surface area contributed by atoms with Crippen LogP contribution in [0.15, 0.2) is 28.7 Å². The molecule has 1 N–H and O–H groups in total. The van der Waals surface area contributed by atoms with Gasteiger partial charge in [-0.2, -0.15) is 0 Å². The van der Waals surface area contributed by atoms with E-state index in [1.54, 1.807) is 6.92 Å². The van der Waals surface area contributed by atoms with Crippen LogP contribution in [-0.4, -0.2) is 0 Å². The topological polar surface area (TPSA) is 12.0 Å². The van der Waals surface area contributed by atoms with E-state index < -0.39 is 0 Å². The van der Waals surface area contributed by atoms with Crippen LogP contribution in [0.1, 0.15) is 35.2 Å². The van der Waals surface area contributed by atoms with Crippen LogP contribution in [0, 0.1) is 32.4 Å². The molecule has 0 aromatic heterocycles. The van der Waals surface area contributed by atoms with Crippen molar-refractivity contribution in [3.05, 3.63) is 62.6 Å². The first-order valence-corrected chi connectivity index (χ1v) is 7.57. The maximum atomic E-state index is 14.0. The summed E-state index contributed by atoms with van der Waals surface area (Å²) in [6.45, 7) is 7.37. The van der Waals surface area contributed by atoms with E-state index >= 15 is 0 Å². The summed E-state index contributed by atoms with van der Waals surface area (Å²) in [5.74, 6) is -0.775. The van der Waals surface area contributed by atoms with Gasteiger partial charge in [0.05, 0.1) is 6.04 Å². The molecule has 112 valence electrons. The molecule has 0 aliphatic heterocycles. The molecule has 0 aliphatic carbocycles. The highest BCUT2D eigenvalue weighted by atomic mass is 79.9. The van der Waals surface area contributed by atoms with Gasteiger partial charge in [-0.05, 0) is 68.7 Å². The van der Waals surface area contributed by atoms with Crippen LogP contribution in [0.3, 0.4) is 0 Å². The number of anilines is 1. The van der Waals surface area contributed by atoms with E-state index in [1.807, 2.05) is 32.9 Å². The summed E-state index contributed by atoms with van der Waals surface area (Å²) in [6, 6.07) is 6.15. The first-order valence-electron chi connectivity index (χ1n) is 6.78. The fourth-order valence-electron chi connectivity index (χ4n) is 2.35. The third-order valence-electron chi connectivity index (χ3n) is 3.56. The van der Waals surface area contributed by atoms with Gasteiger partial charge in [0.25, 0.3) is 0 Å². The fourth-order valence-corrected chi connectivity index (χ4v) is 2.58. The van der Waals surface area contributed by atoms with Gasteiger partial charge in [0.15, 0.2) is 0 Å². The van der Waals surface area contributed by atoms with E-state index in [9.17, 15) is 8.78 Å². The Labute approximate surface area is 132 Å². The number of aryl methyl sites for hydroxylation is 3. The average molecular weight is 354 g/mol. The predicted molar refractivity (Wildman–Crippen MR) is 86.7 cm³/mol. The summed E-state index contributed by atoms with van der Waals surface area (Å²) < 4.78 is 28.7. The Kier molecular flexibility index (Phi) is 4.67. The molecule has 21 heavy (non-hydrogen) atoms. The third kappa shape index (κ3) is 3.43. The Morgan fingerprint density at radius 2 is 1.48 bits per heavy atom. The van der Waals surface area contributed by atoms with Crippen molar-refractivity contribution in [1.82, 2.24) is 0 Å².